The fraction of sp³-hybridized carbons (Fsp3) is 0.476. The molecule has 1 aliphatic heterocycles. The van der Waals surface area contributed by atoms with E-state index in [0.29, 0.717) is 19.6 Å². The van der Waals surface area contributed by atoms with Crippen LogP contribution in [-0.2, 0) is 26.8 Å². The standard InChI is InChI=1S/C19H24N2O3S.C2HF3O2/c1-25(22,23)21-10-8-19(9-11-21)13-18(16-6-2-3-7-17(16)19)20-14-15-5-4-12-24-15;3-2(4,5)1(6)7/h2-7,12,18,20H,8-11,13-14H2,1H3;(H,6,7). The molecule has 176 valence electrons. The van der Waals surface area contributed by atoms with E-state index in [9.17, 15) is 21.6 Å². The van der Waals surface area contributed by atoms with Gasteiger partial charge in [0.15, 0.2) is 0 Å². The van der Waals surface area contributed by atoms with Crippen LogP contribution in [0.15, 0.2) is 47.1 Å². The number of nitrogens with zero attached hydrogens (tertiary/aromatic N) is 1. The Labute approximate surface area is 184 Å². The van der Waals surface area contributed by atoms with Crippen LogP contribution < -0.4 is 5.32 Å². The molecule has 11 heteroatoms. The first kappa shape index (κ1) is 24.3. The normalized spacial score (nSPS) is 20.4. The summed E-state index contributed by atoms with van der Waals surface area (Å²) in [5.41, 5.74) is 2.82. The zero-order valence-electron chi connectivity index (χ0n) is 17.4. The molecule has 2 heterocycles. The molecule has 32 heavy (non-hydrogen) atoms. The molecule has 1 unspecified atom stereocenters. The van der Waals surface area contributed by atoms with E-state index >= 15 is 0 Å². The first-order chi connectivity index (χ1) is 14.9. The van der Waals surface area contributed by atoms with Gasteiger partial charge in [-0.1, -0.05) is 24.3 Å². The van der Waals surface area contributed by atoms with Gasteiger partial charge >= 0.3 is 12.1 Å². The molecule has 1 spiro atoms. The number of fused-ring (bicyclic) bond motifs is 2. The number of rotatable bonds is 4. The molecule has 1 aromatic carbocycles. The number of sulfonamides is 1. The van der Waals surface area contributed by atoms with Crippen molar-refractivity contribution in [1.29, 1.82) is 0 Å². The van der Waals surface area contributed by atoms with Gasteiger partial charge in [-0.25, -0.2) is 17.5 Å². The minimum Gasteiger partial charge on any atom is -0.475 e. The van der Waals surface area contributed by atoms with Crippen molar-refractivity contribution in [1.82, 2.24) is 9.62 Å². The summed E-state index contributed by atoms with van der Waals surface area (Å²) in [6.07, 6.45) is 0.708. The maximum absolute atomic E-state index is 11.8. The molecule has 2 N–H and O–H groups in total. The summed E-state index contributed by atoms with van der Waals surface area (Å²) in [5.74, 6) is -1.82. The first-order valence-corrected chi connectivity index (χ1v) is 11.9. The molecule has 1 saturated heterocycles. The van der Waals surface area contributed by atoms with E-state index in [4.69, 9.17) is 14.3 Å². The molecule has 4 rings (SSSR count). The molecule has 1 aliphatic carbocycles. The van der Waals surface area contributed by atoms with Gasteiger partial charge in [-0.05, 0) is 47.9 Å². The number of halogens is 3. The van der Waals surface area contributed by atoms with Crippen molar-refractivity contribution in [3.63, 3.8) is 0 Å². The zero-order chi connectivity index (χ0) is 23.6. The summed E-state index contributed by atoms with van der Waals surface area (Å²) in [5, 5.41) is 10.8. The summed E-state index contributed by atoms with van der Waals surface area (Å²) >= 11 is 0. The maximum atomic E-state index is 11.8. The third-order valence-electron chi connectivity index (χ3n) is 6.00. The van der Waals surface area contributed by atoms with Crippen LogP contribution in [0.1, 0.15) is 42.2 Å². The molecule has 0 bridgehead atoms. The lowest BCUT2D eigenvalue weighted by Crippen LogP contribution is -2.44. The molecular weight excluding hydrogens is 449 g/mol. The number of alkyl halides is 3. The molecule has 1 fully saturated rings. The van der Waals surface area contributed by atoms with Crippen LogP contribution in [0, 0.1) is 0 Å². The smallest absolute Gasteiger partial charge is 0.475 e. The van der Waals surface area contributed by atoms with Gasteiger partial charge in [0.05, 0.1) is 19.1 Å². The summed E-state index contributed by atoms with van der Waals surface area (Å²) in [7, 11) is -3.10. The van der Waals surface area contributed by atoms with Crippen molar-refractivity contribution in [2.75, 3.05) is 19.3 Å². The van der Waals surface area contributed by atoms with Crippen LogP contribution in [0.25, 0.3) is 0 Å². The van der Waals surface area contributed by atoms with E-state index in [-0.39, 0.29) is 11.5 Å². The number of benzene rings is 1. The second kappa shape index (κ2) is 9.24. The molecule has 0 radical (unpaired) electrons. The number of hydrogen-bond acceptors (Lipinski definition) is 5. The van der Waals surface area contributed by atoms with Crippen molar-refractivity contribution in [3.05, 3.63) is 59.5 Å². The summed E-state index contributed by atoms with van der Waals surface area (Å²) in [6.45, 7) is 1.92. The Hall–Kier alpha value is -2.37. The Morgan fingerprint density at radius 1 is 1.22 bits per heavy atom. The fourth-order valence-corrected chi connectivity index (χ4v) is 5.28. The highest BCUT2D eigenvalue weighted by molar-refractivity contribution is 7.88. The van der Waals surface area contributed by atoms with Crippen LogP contribution >= 0.6 is 0 Å². The lowest BCUT2D eigenvalue weighted by Gasteiger charge is -2.39. The van der Waals surface area contributed by atoms with Gasteiger partial charge in [0.1, 0.15) is 5.76 Å². The zero-order valence-corrected chi connectivity index (χ0v) is 18.2. The second-order valence-corrected chi connectivity index (χ2v) is 10.0. The molecule has 0 amide bonds. The molecule has 2 aliphatic rings. The van der Waals surface area contributed by atoms with Crippen molar-refractivity contribution in [2.24, 2.45) is 0 Å². The van der Waals surface area contributed by atoms with Gasteiger partial charge in [-0.3, -0.25) is 0 Å². The predicted molar refractivity (Wildman–Crippen MR) is 110 cm³/mol. The number of carboxylic acid groups (broad SMARTS) is 1. The van der Waals surface area contributed by atoms with Gasteiger partial charge < -0.3 is 14.8 Å². The Bertz CT molecular complexity index is 1030. The highest BCUT2D eigenvalue weighted by Gasteiger charge is 2.46. The topological polar surface area (TPSA) is 99.9 Å². The average Bonchev–Trinajstić information content (AvgIpc) is 3.33. The first-order valence-electron chi connectivity index (χ1n) is 10.0. The number of nitrogens with one attached hydrogen (secondary N) is 1. The highest BCUT2D eigenvalue weighted by atomic mass is 32.2. The largest absolute Gasteiger partial charge is 0.490 e. The lowest BCUT2D eigenvalue weighted by atomic mass is 9.74. The van der Waals surface area contributed by atoms with Gasteiger partial charge in [-0.2, -0.15) is 13.2 Å². The average molecular weight is 475 g/mol. The monoisotopic (exact) mass is 474 g/mol. The summed E-state index contributed by atoms with van der Waals surface area (Å²) in [6, 6.07) is 12.8. The minimum absolute atomic E-state index is 0.0820. The molecule has 0 saturated carbocycles. The highest BCUT2D eigenvalue weighted by Crippen LogP contribution is 2.50. The van der Waals surface area contributed by atoms with E-state index in [1.807, 2.05) is 12.1 Å². The van der Waals surface area contributed by atoms with Crippen LogP contribution in [0.4, 0.5) is 13.2 Å². The number of furan rings is 1. The van der Waals surface area contributed by atoms with Crippen LogP contribution in [0.3, 0.4) is 0 Å². The third kappa shape index (κ3) is 5.51. The van der Waals surface area contributed by atoms with Gasteiger partial charge in [0.25, 0.3) is 0 Å². The summed E-state index contributed by atoms with van der Waals surface area (Å²) in [4.78, 5) is 8.90. The fourth-order valence-electron chi connectivity index (χ4n) is 4.43. The number of carbonyl (C=O) groups is 1. The van der Waals surface area contributed by atoms with E-state index in [1.165, 1.54) is 17.4 Å². The third-order valence-corrected chi connectivity index (χ3v) is 7.30. The van der Waals surface area contributed by atoms with Crippen molar-refractivity contribution in [3.8, 4) is 0 Å². The van der Waals surface area contributed by atoms with Gasteiger partial charge in [-0.15, -0.1) is 0 Å². The van der Waals surface area contributed by atoms with Gasteiger partial charge in [0.2, 0.25) is 10.0 Å². The molecule has 1 aromatic heterocycles. The van der Waals surface area contributed by atoms with E-state index in [2.05, 4.69) is 29.6 Å². The minimum atomic E-state index is -5.08. The molecule has 1 atom stereocenters. The second-order valence-electron chi connectivity index (χ2n) is 8.05. The predicted octanol–water partition coefficient (Wildman–Crippen LogP) is 3.44. The summed E-state index contributed by atoms with van der Waals surface area (Å²) < 4.78 is 62.5. The number of piperidine rings is 1. The van der Waals surface area contributed by atoms with E-state index < -0.39 is 22.2 Å². The quantitative estimate of drug-likeness (QED) is 0.704. The Morgan fingerprint density at radius 2 is 1.84 bits per heavy atom. The Morgan fingerprint density at radius 3 is 2.38 bits per heavy atom. The van der Waals surface area contributed by atoms with Crippen LogP contribution in [0.5, 0.6) is 0 Å². The van der Waals surface area contributed by atoms with E-state index in [1.54, 1.807) is 10.6 Å². The Kier molecular flexibility index (Phi) is 7.01. The Balaban J connectivity index is 0.000000360. The van der Waals surface area contributed by atoms with Crippen LogP contribution in [-0.4, -0.2) is 49.3 Å². The lowest BCUT2D eigenvalue weighted by molar-refractivity contribution is -0.192. The number of aliphatic carboxylic acids is 1. The number of hydrogen-bond donors (Lipinski definition) is 2. The SMILES string of the molecule is CS(=O)(=O)N1CCC2(CC1)CC(NCc1ccco1)c1ccccc12.O=C(O)C(F)(F)F. The molecular formula is C21H25F3N2O5S. The maximum Gasteiger partial charge on any atom is 0.490 e. The van der Waals surface area contributed by atoms with Gasteiger partial charge in [0, 0.05) is 19.1 Å². The van der Waals surface area contributed by atoms with Crippen molar-refractivity contribution < 1.29 is 35.9 Å². The molecule has 7 nitrogen and oxygen atoms in total. The molecule has 2 aromatic rings. The van der Waals surface area contributed by atoms with Crippen molar-refractivity contribution >= 4 is 16.0 Å². The number of carboxylic acids is 1. The van der Waals surface area contributed by atoms with E-state index in [0.717, 1.165) is 25.0 Å². The van der Waals surface area contributed by atoms with Crippen LogP contribution in [0.2, 0.25) is 0 Å². The van der Waals surface area contributed by atoms with Crippen molar-refractivity contribution in [2.45, 2.75) is 43.4 Å².